The zero-order chi connectivity index (χ0) is 19.2. The molecule has 0 amide bonds. The van der Waals surface area contributed by atoms with E-state index < -0.39 is 0 Å². The van der Waals surface area contributed by atoms with Gasteiger partial charge in [0, 0.05) is 44.5 Å². The predicted molar refractivity (Wildman–Crippen MR) is 110 cm³/mol. The van der Waals surface area contributed by atoms with Crippen LogP contribution in [0.1, 0.15) is 11.1 Å². The lowest BCUT2D eigenvalue weighted by atomic mass is 10.2. The van der Waals surface area contributed by atoms with Gasteiger partial charge in [-0.25, -0.2) is 9.97 Å². The van der Waals surface area contributed by atoms with Crippen LogP contribution in [0, 0.1) is 11.3 Å². The average molecular weight is 370 g/mol. The third-order valence-corrected chi connectivity index (χ3v) is 4.88. The molecule has 1 aliphatic heterocycles. The first-order chi connectivity index (χ1) is 13.8. The van der Waals surface area contributed by atoms with E-state index in [4.69, 9.17) is 5.26 Å². The molecule has 0 aliphatic carbocycles. The van der Waals surface area contributed by atoms with Gasteiger partial charge in [-0.2, -0.15) is 5.26 Å². The number of nitrogens with one attached hydrogen (secondary N) is 1. The van der Waals surface area contributed by atoms with Gasteiger partial charge in [0.1, 0.15) is 18.0 Å². The first-order valence-electron chi connectivity index (χ1n) is 9.40. The minimum Gasteiger partial charge on any atom is -0.354 e. The Morgan fingerprint density at radius 2 is 1.68 bits per heavy atom. The summed E-state index contributed by atoms with van der Waals surface area (Å²) in [6.07, 6.45) is 1.59. The molecule has 6 nitrogen and oxygen atoms in total. The van der Waals surface area contributed by atoms with Gasteiger partial charge >= 0.3 is 0 Å². The Balaban J connectivity index is 1.36. The van der Waals surface area contributed by atoms with E-state index in [9.17, 15) is 0 Å². The van der Waals surface area contributed by atoms with Crippen LogP contribution in [0.3, 0.4) is 0 Å². The molecule has 1 fully saturated rings. The van der Waals surface area contributed by atoms with Crippen molar-refractivity contribution < 1.29 is 0 Å². The van der Waals surface area contributed by atoms with E-state index in [-0.39, 0.29) is 0 Å². The maximum Gasteiger partial charge on any atom is 0.135 e. The van der Waals surface area contributed by atoms with E-state index in [1.807, 2.05) is 18.2 Å². The summed E-state index contributed by atoms with van der Waals surface area (Å²) in [5.74, 6) is 1.69. The fraction of sp³-hybridized carbons (Fsp3) is 0.227. The molecule has 0 spiro atoms. The van der Waals surface area contributed by atoms with E-state index in [1.54, 1.807) is 18.5 Å². The van der Waals surface area contributed by atoms with Crippen LogP contribution >= 0.6 is 0 Å². The monoisotopic (exact) mass is 370 g/mol. The van der Waals surface area contributed by atoms with E-state index in [1.165, 1.54) is 5.56 Å². The molecule has 0 atom stereocenters. The number of hydrogen-bond acceptors (Lipinski definition) is 6. The summed E-state index contributed by atoms with van der Waals surface area (Å²) in [5, 5.41) is 12.2. The number of aromatic nitrogens is 2. The van der Waals surface area contributed by atoms with E-state index in [0.29, 0.717) is 5.56 Å². The van der Waals surface area contributed by atoms with Crippen LogP contribution in [0.4, 0.5) is 17.3 Å². The van der Waals surface area contributed by atoms with Gasteiger partial charge in [-0.15, -0.1) is 0 Å². The zero-order valence-electron chi connectivity index (χ0n) is 15.6. The zero-order valence-corrected chi connectivity index (χ0v) is 15.6. The molecule has 1 aliphatic rings. The van der Waals surface area contributed by atoms with Gasteiger partial charge in [0.2, 0.25) is 0 Å². The first kappa shape index (κ1) is 18.0. The summed E-state index contributed by atoms with van der Waals surface area (Å²) < 4.78 is 0. The Morgan fingerprint density at radius 1 is 0.929 bits per heavy atom. The number of benzene rings is 2. The van der Waals surface area contributed by atoms with Crippen molar-refractivity contribution in [3.8, 4) is 6.07 Å². The van der Waals surface area contributed by atoms with Crippen LogP contribution in [0.25, 0.3) is 0 Å². The molecule has 3 aromatic rings. The quantitative estimate of drug-likeness (QED) is 0.742. The van der Waals surface area contributed by atoms with Gasteiger partial charge in [-0.05, 0) is 29.8 Å². The minimum absolute atomic E-state index is 0.641. The molecule has 1 aromatic heterocycles. The lowest BCUT2D eigenvalue weighted by molar-refractivity contribution is 0.249. The van der Waals surface area contributed by atoms with Gasteiger partial charge in [0.15, 0.2) is 0 Å². The largest absolute Gasteiger partial charge is 0.354 e. The van der Waals surface area contributed by atoms with Gasteiger partial charge in [0.25, 0.3) is 0 Å². The highest BCUT2D eigenvalue weighted by atomic mass is 15.3. The summed E-state index contributed by atoms with van der Waals surface area (Å²) in [6, 6.07) is 22.0. The van der Waals surface area contributed by atoms with Crippen LogP contribution in [0.2, 0.25) is 0 Å². The summed E-state index contributed by atoms with van der Waals surface area (Å²) in [5.41, 5.74) is 2.89. The molecule has 140 valence electrons. The second kappa shape index (κ2) is 8.51. The molecule has 28 heavy (non-hydrogen) atoms. The maximum absolute atomic E-state index is 8.90. The molecule has 0 radical (unpaired) electrons. The molecule has 1 N–H and O–H groups in total. The SMILES string of the molecule is N#Cc1ccc(Nc2cc(N3CCN(Cc4ccccc4)CC3)ncn2)cc1. The highest BCUT2D eigenvalue weighted by Gasteiger charge is 2.18. The molecule has 4 rings (SSSR count). The van der Waals surface area contributed by atoms with Crippen molar-refractivity contribution in [2.45, 2.75) is 6.54 Å². The molecule has 1 saturated heterocycles. The van der Waals surface area contributed by atoms with E-state index >= 15 is 0 Å². The highest BCUT2D eigenvalue weighted by Crippen LogP contribution is 2.20. The van der Waals surface area contributed by atoms with Crippen molar-refractivity contribution in [3.63, 3.8) is 0 Å². The molecule has 0 bridgehead atoms. The average Bonchev–Trinajstić information content (AvgIpc) is 2.76. The number of rotatable bonds is 5. The topological polar surface area (TPSA) is 68.1 Å². The third-order valence-electron chi connectivity index (χ3n) is 4.88. The molecular formula is C22H22N6. The van der Waals surface area contributed by atoms with Gasteiger partial charge in [-0.3, -0.25) is 4.90 Å². The van der Waals surface area contributed by atoms with Gasteiger partial charge in [-0.1, -0.05) is 30.3 Å². The number of nitrogens with zero attached hydrogens (tertiary/aromatic N) is 5. The number of nitriles is 1. The second-order valence-corrected chi connectivity index (χ2v) is 6.82. The summed E-state index contributed by atoms with van der Waals surface area (Å²) >= 11 is 0. The van der Waals surface area contributed by atoms with E-state index in [0.717, 1.165) is 50.0 Å². The number of hydrogen-bond donors (Lipinski definition) is 1. The summed E-state index contributed by atoms with van der Waals surface area (Å²) in [6.45, 7) is 4.90. The Morgan fingerprint density at radius 3 is 2.39 bits per heavy atom. The number of piperazine rings is 1. The van der Waals surface area contributed by atoms with E-state index in [2.05, 4.69) is 61.5 Å². The Kier molecular flexibility index (Phi) is 5.46. The van der Waals surface area contributed by atoms with Gasteiger partial charge < -0.3 is 10.2 Å². The second-order valence-electron chi connectivity index (χ2n) is 6.82. The molecule has 2 heterocycles. The lowest BCUT2D eigenvalue weighted by Gasteiger charge is -2.35. The molecule has 6 heteroatoms. The predicted octanol–water partition coefficient (Wildman–Crippen LogP) is 3.41. The standard InChI is InChI=1S/C22H22N6/c23-15-18-6-8-20(9-7-18)26-21-14-22(25-17-24-21)28-12-10-27(11-13-28)16-19-4-2-1-3-5-19/h1-9,14,17H,10-13,16H2,(H,24,25,26). The Bertz CT molecular complexity index is 941. The van der Waals surface area contributed by atoms with Crippen LogP contribution < -0.4 is 10.2 Å². The Hall–Kier alpha value is -3.43. The highest BCUT2D eigenvalue weighted by molar-refractivity contribution is 5.60. The number of anilines is 3. The molecule has 2 aromatic carbocycles. The molecular weight excluding hydrogens is 348 g/mol. The summed E-state index contributed by atoms with van der Waals surface area (Å²) in [7, 11) is 0. The van der Waals surface area contributed by atoms with Crippen molar-refractivity contribution in [3.05, 3.63) is 78.1 Å². The minimum atomic E-state index is 0.641. The maximum atomic E-state index is 8.90. The van der Waals surface area contributed by atoms with Crippen molar-refractivity contribution in [1.29, 1.82) is 5.26 Å². The normalized spacial score (nSPS) is 14.5. The smallest absolute Gasteiger partial charge is 0.135 e. The van der Waals surface area contributed by atoms with Crippen molar-refractivity contribution in [2.24, 2.45) is 0 Å². The lowest BCUT2D eigenvalue weighted by Crippen LogP contribution is -2.46. The molecule has 0 saturated carbocycles. The van der Waals surface area contributed by atoms with Crippen molar-refractivity contribution in [2.75, 3.05) is 36.4 Å². The van der Waals surface area contributed by atoms with Crippen LogP contribution in [-0.2, 0) is 6.54 Å². The fourth-order valence-corrected chi connectivity index (χ4v) is 3.34. The van der Waals surface area contributed by atoms with Crippen LogP contribution in [-0.4, -0.2) is 41.0 Å². The Labute approximate surface area is 165 Å². The van der Waals surface area contributed by atoms with Gasteiger partial charge in [0.05, 0.1) is 11.6 Å². The van der Waals surface area contributed by atoms with Crippen molar-refractivity contribution in [1.82, 2.24) is 14.9 Å². The third kappa shape index (κ3) is 4.45. The van der Waals surface area contributed by atoms with Crippen LogP contribution in [0.15, 0.2) is 67.0 Å². The molecule has 0 unspecified atom stereocenters. The van der Waals surface area contributed by atoms with Crippen molar-refractivity contribution >= 4 is 17.3 Å². The van der Waals surface area contributed by atoms with Crippen LogP contribution in [0.5, 0.6) is 0 Å². The summed E-state index contributed by atoms with van der Waals surface area (Å²) in [4.78, 5) is 13.5. The first-order valence-corrected chi connectivity index (χ1v) is 9.40. The fourth-order valence-electron chi connectivity index (χ4n) is 3.34.